The molecule has 2 rings (SSSR count). The fraction of sp³-hybridized carbons (Fsp3) is 0.625. The first-order valence-electron chi connectivity index (χ1n) is 7.36. The van der Waals surface area contributed by atoms with Crippen molar-refractivity contribution in [1.29, 1.82) is 0 Å². The highest BCUT2D eigenvalue weighted by atomic mass is 79.9. The van der Waals surface area contributed by atoms with Crippen LogP contribution in [-0.4, -0.2) is 13.2 Å². The Bertz CT molecular complexity index is 402. The maximum Gasteiger partial charge on any atom is 0.120 e. The molecule has 0 spiro atoms. The van der Waals surface area contributed by atoms with Gasteiger partial charge in [0, 0.05) is 10.5 Å². The lowest BCUT2D eigenvalue weighted by atomic mass is 10.1. The van der Waals surface area contributed by atoms with Gasteiger partial charge in [0.25, 0.3) is 0 Å². The molecule has 0 radical (unpaired) electrons. The van der Waals surface area contributed by atoms with Crippen LogP contribution in [0.25, 0.3) is 0 Å². The molecule has 0 aliphatic heterocycles. The Morgan fingerprint density at radius 3 is 2.74 bits per heavy atom. The molecule has 106 valence electrons. The van der Waals surface area contributed by atoms with Crippen LogP contribution in [0.3, 0.4) is 0 Å². The largest absolute Gasteiger partial charge is 0.493 e. The molecular weight excluding hydrogens is 302 g/mol. The normalized spacial score (nSPS) is 17.6. The van der Waals surface area contributed by atoms with Gasteiger partial charge in [0.05, 0.1) is 6.61 Å². The molecule has 1 aliphatic carbocycles. The molecule has 0 amide bonds. The van der Waals surface area contributed by atoms with Crippen LogP contribution in [0.1, 0.15) is 51.1 Å². The highest BCUT2D eigenvalue weighted by molar-refractivity contribution is 9.10. The number of nitrogens with one attached hydrogen (secondary N) is 1. The Morgan fingerprint density at radius 2 is 2.11 bits per heavy atom. The monoisotopic (exact) mass is 325 g/mol. The number of ether oxygens (including phenoxy) is 1. The van der Waals surface area contributed by atoms with Crippen molar-refractivity contribution in [1.82, 2.24) is 5.32 Å². The summed E-state index contributed by atoms with van der Waals surface area (Å²) in [7, 11) is 0. The third-order valence-electron chi connectivity index (χ3n) is 3.91. The standard InChI is InChI=1S/C16H24BrNO/c1-3-18-12(2)15-9-8-14(10-16(15)17)19-11-13-6-4-5-7-13/h8-10,12-13,18H,3-7,11H2,1-2H3. The molecule has 1 fully saturated rings. The van der Waals surface area contributed by atoms with Crippen molar-refractivity contribution in [2.24, 2.45) is 5.92 Å². The van der Waals surface area contributed by atoms with Crippen molar-refractivity contribution in [2.45, 2.75) is 45.6 Å². The lowest BCUT2D eigenvalue weighted by molar-refractivity contribution is 0.252. The van der Waals surface area contributed by atoms with Crippen molar-refractivity contribution in [3.8, 4) is 5.75 Å². The van der Waals surface area contributed by atoms with Gasteiger partial charge in [0.1, 0.15) is 5.75 Å². The Morgan fingerprint density at radius 1 is 1.37 bits per heavy atom. The van der Waals surface area contributed by atoms with Crippen LogP contribution in [0, 0.1) is 5.92 Å². The van der Waals surface area contributed by atoms with Crippen LogP contribution in [0.15, 0.2) is 22.7 Å². The average Bonchev–Trinajstić information content (AvgIpc) is 2.89. The van der Waals surface area contributed by atoms with Gasteiger partial charge in [0.15, 0.2) is 0 Å². The first-order chi connectivity index (χ1) is 9.20. The topological polar surface area (TPSA) is 21.3 Å². The van der Waals surface area contributed by atoms with Gasteiger partial charge >= 0.3 is 0 Å². The molecule has 0 bridgehead atoms. The smallest absolute Gasteiger partial charge is 0.120 e. The van der Waals surface area contributed by atoms with Gasteiger partial charge in [-0.05, 0) is 49.9 Å². The van der Waals surface area contributed by atoms with Gasteiger partial charge in [0.2, 0.25) is 0 Å². The van der Waals surface area contributed by atoms with Crippen LogP contribution in [0.5, 0.6) is 5.75 Å². The van der Waals surface area contributed by atoms with E-state index < -0.39 is 0 Å². The molecule has 19 heavy (non-hydrogen) atoms. The van der Waals surface area contributed by atoms with Crippen LogP contribution in [-0.2, 0) is 0 Å². The maximum absolute atomic E-state index is 5.92. The van der Waals surface area contributed by atoms with E-state index in [1.165, 1.54) is 31.2 Å². The van der Waals surface area contributed by atoms with Gasteiger partial charge in [-0.3, -0.25) is 0 Å². The lowest BCUT2D eigenvalue weighted by Crippen LogP contribution is -2.18. The summed E-state index contributed by atoms with van der Waals surface area (Å²) in [6.45, 7) is 6.16. The van der Waals surface area contributed by atoms with Crippen molar-refractivity contribution >= 4 is 15.9 Å². The third kappa shape index (κ3) is 4.22. The number of halogens is 1. The maximum atomic E-state index is 5.92. The molecule has 3 heteroatoms. The molecule has 2 nitrogen and oxygen atoms in total. The highest BCUT2D eigenvalue weighted by Crippen LogP contribution is 2.29. The minimum absolute atomic E-state index is 0.364. The van der Waals surface area contributed by atoms with Crippen LogP contribution in [0.2, 0.25) is 0 Å². The summed E-state index contributed by atoms with van der Waals surface area (Å²) < 4.78 is 7.04. The first kappa shape index (κ1) is 14.9. The quantitative estimate of drug-likeness (QED) is 0.819. The van der Waals surface area contributed by atoms with Gasteiger partial charge in [-0.2, -0.15) is 0 Å². The molecule has 1 N–H and O–H groups in total. The van der Waals surface area contributed by atoms with E-state index in [2.05, 4.69) is 53.3 Å². The van der Waals surface area contributed by atoms with E-state index in [1.54, 1.807) is 0 Å². The summed E-state index contributed by atoms with van der Waals surface area (Å²) in [5.41, 5.74) is 1.29. The van der Waals surface area contributed by atoms with Crippen molar-refractivity contribution in [2.75, 3.05) is 13.2 Å². The van der Waals surface area contributed by atoms with E-state index in [0.29, 0.717) is 6.04 Å². The third-order valence-corrected chi connectivity index (χ3v) is 4.60. The Kier molecular flexibility index (Phi) is 5.71. The summed E-state index contributed by atoms with van der Waals surface area (Å²) in [6, 6.07) is 6.70. The molecule has 1 unspecified atom stereocenters. The first-order valence-corrected chi connectivity index (χ1v) is 8.15. The second-order valence-electron chi connectivity index (χ2n) is 5.42. The predicted molar refractivity (Wildman–Crippen MR) is 83.7 cm³/mol. The van der Waals surface area contributed by atoms with E-state index in [9.17, 15) is 0 Å². The zero-order valence-electron chi connectivity index (χ0n) is 11.9. The molecule has 1 aliphatic rings. The SMILES string of the molecule is CCNC(C)c1ccc(OCC2CCCC2)cc1Br. The lowest BCUT2D eigenvalue weighted by Gasteiger charge is -2.16. The van der Waals surface area contributed by atoms with Gasteiger partial charge in [-0.25, -0.2) is 0 Å². The number of hydrogen-bond acceptors (Lipinski definition) is 2. The number of rotatable bonds is 6. The number of benzene rings is 1. The van der Waals surface area contributed by atoms with E-state index >= 15 is 0 Å². The van der Waals surface area contributed by atoms with E-state index in [0.717, 1.165) is 29.3 Å². The minimum Gasteiger partial charge on any atom is -0.493 e. The fourth-order valence-electron chi connectivity index (χ4n) is 2.76. The zero-order chi connectivity index (χ0) is 13.7. The Balaban J connectivity index is 1.93. The number of hydrogen-bond donors (Lipinski definition) is 1. The van der Waals surface area contributed by atoms with Crippen molar-refractivity contribution in [3.05, 3.63) is 28.2 Å². The minimum atomic E-state index is 0.364. The molecule has 0 heterocycles. The van der Waals surface area contributed by atoms with Crippen molar-refractivity contribution in [3.63, 3.8) is 0 Å². The Labute approximate surface area is 125 Å². The van der Waals surface area contributed by atoms with Gasteiger partial charge in [-0.1, -0.05) is 41.8 Å². The van der Waals surface area contributed by atoms with Crippen molar-refractivity contribution < 1.29 is 4.74 Å². The predicted octanol–water partition coefficient (Wildman–Crippen LogP) is 4.69. The van der Waals surface area contributed by atoms with Gasteiger partial charge < -0.3 is 10.1 Å². The molecule has 1 atom stereocenters. The molecule has 1 aromatic rings. The summed E-state index contributed by atoms with van der Waals surface area (Å²) in [4.78, 5) is 0. The average molecular weight is 326 g/mol. The summed E-state index contributed by atoms with van der Waals surface area (Å²) in [6.07, 6.45) is 5.40. The summed E-state index contributed by atoms with van der Waals surface area (Å²) >= 11 is 3.65. The van der Waals surface area contributed by atoms with E-state index in [-0.39, 0.29) is 0 Å². The zero-order valence-corrected chi connectivity index (χ0v) is 13.5. The van der Waals surface area contributed by atoms with Crippen LogP contribution in [0.4, 0.5) is 0 Å². The molecule has 1 aromatic carbocycles. The van der Waals surface area contributed by atoms with E-state index in [4.69, 9.17) is 4.74 Å². The van der Waals surface area contributed by atoms with Gasteiger partial charge in [-0.15, -0.1) is 0 Å². The van der Waals surface area contributed by atoms with Crippen LogP contribution >= 0.6 is 15.9 Å². The molecular formula is C16H24BrNO. The van der Waals surface area contributed by atoms with Crippen LogP contribution < -0.4 is 10.1 Å². The molecule has 0 aromatic heterocycles. The summed E-state index contributed by atoms with van der Waals surface area (Å²) in [5, 5.41) is 3.43. The summed E-state index contributed by atoms with van der Waals surface area (Å²) in [5.74, 6) is 1.74. The molecule has 0 saturated heterocycles. The Hall–Kier alpha value is -0.540. The second kappa shape index (κ2) is 7.30. The second-order valence-corrected chi connectivity index (χ2v) is 6.28. The molecule has 1 saturated carbocycles. The fourth-order valence-corrected chi connectivity index (χ4v) is 3.46. The van der Waals surface area contributed by atoms with E-state index in [1.807, 2.05) is 0 Å². The highest BCUT2D eigenvalue weighted by Gasteiger charge is 2.16.